The molecule has 4 unspecified atom stereocenters. The molecule has 0 aromatic carbocycles. The molecule has 3 aromatic heterocycles. The van der Waals surface area contributed by atoms with Gasteiger partial charge in [-0.05, 0) is 302 Å². The van der Waals surface area contributed by atoms with Gasteiger partial charge in [-0.1, -0.05) is 27.7 Å². The van der Waals surface area contributed by atoms with Gasteiger partial charge in [-0.2, -0.15) is 0 Å². The summed E-state index contributed by atoms with van der Waals surface area (Å²) in [5.41, 5.74) is 17.2. The highest BCUT2D eigenvalue weighted by Crippen LogP contribution is 2.39. The van der Waals surface area contributed by atoms with Gasteiger partial charge < -0.3 is 51.7 Å². The highest BCUT2D eigenvalue weighted by molar-refractivity contribution is 5.95. The molecule has 14 nitrogen and oxygen atoms in total. The summed E-state index contributed by atoms with van der Waals surface area (Å²) in [6, 6.07) is 8.85. The van der Waals surface area contributed by atoms with Crippen LogP contribution >= 0.6 is 0 Å². The fraction of sp³-hybridized carbons (Fsp3) is 0.676. The number of unbranched alkanes of at least 4 members (excludes halogenated alkanes) is 4. The van der Waals surface area contributed by atoms with Crippen LogP contribution in [0.2, 0.25) is 0 Å². The van der Waals surface area contributed by atoms with Crippen molar-refractivity contribution in [1.82, 2.24) is 61.6 Å². The van der Waals surface area contributed by atoms with E-state index in [1.54, 1.807) is 0 Å². The van der Waals surface area contributed by atoms with Crippen molar-refractivity contribution in [3.05, 3.63) is 69.3 Å². The Morgan fingerprint density at radius 3 is 1.29 bits per heavy atom. The lowest BCUT2D eigenvalue weighted by Gasteiger charge is -2.21. The summed E-state index contributed by atoms with van der Waals surface area (Å²) < 4.78 is 0. The molecule has 2 amide bonds. The molecule has 8 bridgehead atoms. The Hall–Kier alpha value is -4.70. The summed E-state index contributed by atoms with van der Waals surface area (Å²) >= 11 is 0. The van der Waals surface area contributed by atoms with Gasteiger partial charge in [-0.15, -0.1) is 0 Å². The maximum Gasteiger partial charge on any atom is 0.222 e. The summed E-state index contributed by atoms with van der Waals surface area (Å²) in [6.07, 6.45) is 15.5. The largest absolute Gasteiger partial charge is 0.355 e. The Morgan fingerprint density at radius 1 is 0.463 bits per heavy atom. The Balaban J connectivity index is 1.01. The zero-order chi connectivity index (χ0) is 58.4. The van der Waals surface area contributed by atoms with Crippen LogP contribution in [0.5, 0.6) is 0 Å². The fourth-order valence-corrected chi connectivity index (χ4v) is 12.7. The van der Waals surface area contributed by atoms with E-state index >= 15 is 0 Å². The molecule has 3 aromatic rings. The Kier molecular flexibility index (Phi) is 26.7. The minimum Gasteiger partial charge on any atom is -0.355 e. The molecule has 82 heavy (non-hydrogen) atoms. The van der Waals surface area contributed by atoms with Crippen molar-refractivity contribution in [1.29, 1.82) is 0 Å². The van der Waals surface area contributed by atoms with Crippen molar-refractivity contribution >= 4 is 56.2 Å². The summed E-state index contributed by atoms with van der Waals surface area (Å²) in [6.45, 7) is 37.7. The molecule has 7 rings (SSSR count). The Bertz CT molecular complexity index is 2750. The van der Waals surface area contributed by atoms with Gasteiger partial charge in [0.25, 0.3) is 0 Å². The zero-order valence-electron chi connectivity index (χ0n) is 52.9. The third-order valence-electron chi connectivity index (χ3n) is 18.4. The highest BCUT2D eigenvalue weighted by atomic mass is 16.2. The van der Waals surface area contributed by atoms with Gasteiger partial charge in [0, 0.05) is 61.1 Å². The number of H-pyrrole nitrogens is 2. The number of fused-ring (bicyclic) bond motifs is 8. The lowest BCUT2D eigenvalue weighted by Crippen LogP contribution is -2.32. The van der Waals surface area contributed by atoms with Gasteiger partial charge in [-0.3, -0.25) is 9.59 Å². The maximum atomic E-state index is 14.2. The number of allylic oxidation sites excluding steroid dienone is 4. The predicted molar refractivity (Wildman–Crippen MR) is 346 cm³/mol. The van der Waals surface area contributed by atoms with Gasteiger partial charge in [-0.25, -0.2) is 9.97 Å². The highest BCUT2D eigenvalue weighted by Gasteiger charge is 2.36. The van der Waals surface area contributed by atoms with Gasteiger partial charge in [0.2, 0.25) is 11.8 Å². The van der Waals surface area contributed by atoms with Gasteiger partial charge in [0.05, 0.1) is 22.8 Å². The Labute approximate surface area is 494 Å². The molecule has 4 atom stereocenters. The average Bonchev–Trinajstić information content (AvgIpc) is 4.39. The maximum absolute atomic E-state index is 14.2. The predicted octanol–water partition coefficient (Wildman–Crippen LogP) is 11.1. The quantitative estimate of drug-likeness (QED) is 0.0257. The lowest BCUT2D eigenvalue weighted by molar-refractivity contribution is -0.131. The van der Waals surface area contributed by atoms with Crippen LogP contribution in [-0.4, -0.2) is 146 Å². The van der Waals surface area contributed by atoms with E-state index in [0.717, 1.165) is 221 Å². The van der Waals surface area contributed by atoms with Crippen LogP contribution < -0.4 is 31.9 Å². The van der Waals surface area contributed by atoms with Crippen molar-refractivity contribution in [2.75, 3.05) is 105 Å². The van der Waals surface area contributed by atoms with E-state index in [4.69, 9.17) is 9.97 Å². The monoisotopic (exact) mass is 1130 g/mol. The minimum absolute atomic E-state index is 0.192. The van der Waals surface area contributed by atoms with Crippen LogP contribution in [0.15, 0.2) is 24.3 Å². The van der Waals surface area contributed by atoms with Crippen LogP contribution in [0.25, 0.3) is 44.4 Å². The van der Waals surface area contributed by atoms with Crippen molar-refractivity contribution in [3.8, 4) is 0 Å². The number of nitrogens with one attached hydrogen (secondary N) is 8. The third-order valence-corrected chi connectivity index (χ3v) is 18.4. The second kappa shape index (κ2) is 33.7. The number of hydrogen-bond acceptors (Lipinski definition) is 10. The summed E-state index contributed by atoms with van der Waals surface area (Å²) in [5.74, 6) is 3.59. The molecular formula is C68H110N12O2. The van der Waals surface area contributed by atoms with Crippen molar-refractivity contribution in [2.24, 2.45) is 23.7 Å². The third kappa shape index (κ3) is 18.6. The smallest absolute Gasteiger partial charge is 0.222 e. The molecular weight excluding hydrogens is 1020 g/mol. The zero-order valence-corrected chi connectivity index (χ0v) is 52.9. The second-order valence-electron chi connectivity index (χ2n) is 24.2. The SMILES string of the molecule is CCNCCCCNCC1CC1CNCCCCN(CC)C(=O)CCC1=C(C)c2cc3[nH]c(cc4nc(cc5[nH]c(cc1n2)c(CCC(=O)N(CC)CCCCNCC1CC1CNCCCCNCC)c5C)C(CC)=C4C)c(CC)c3C. The normalized spacial score (nSPS) is 17.6. The van der Waals surface area contributed by atoms with Crippen LogP contribution in [0.4, 0.5) is 0 Å². The molecule has 2 aliphatic heterocycles. The van der Waals surface area contributed by atoms with Crippen molar-refractivity contribution in [2.45, 2.75) is 172 Å². The van der Waals surface area contributed by atoms with Gasteiger partial charge in [0.15, 0.2) is 0 Å². The summed E-state index contributed by atoms with van der Waals surface area (Å²) in [5, 5.41) is 21.6. The number of nitrogens with zero attached hydrogens (tertiary/aromatic N) is 4. The first-order valence-electron chi connectivity index (χ1n) is 32.9. The molecule has 8 N–H and O–H groups in total. The lowest BCUT2D eigenvalue weighted by atomic mass is 9.99. The number of aromatic amines is 2. The van der Waals surface area contributed by atoms with E-state index in [9.17, 15) is 9.59 Å². The van der Waals surface area contributed by atoms with Crippen molar-refractivity contribution < 1.29 is 9.59 Å². The van der Waals surface area contributed by atoms with E-state index in [2.05, 4.69) is 140 Å². The van der Waals surface area contributed by atoms with E-state index in [1.807, 2.05) is 4.90 Å². The molecule has 0 saturated heterocycles. The topological polar surface area (TPSA) is 170 Å². The molecule has 2 saturated carbocycles. The first-order chi connectivity index (χ1) is 39.9. The summed E-state index contributed by atoms with van der Waals surface area (Å²) in [7, 11) is 0. The number of hydrogen-bond donors (Lipinski definition) is 8. The van der Waals surface area contributed by atoms with E-state index in [1.165, 1.54) is 60.8 Å². The fourth-order valence-electron chi connectivity index (χ4n) is 12.7. The average molecular weight is 1130 g/mol. The first-order valence-corrected chi connectivity index (χ1v) is 32.9. The molecule has 2 fully saturated rings. The standard InChI is InChI=1S/C68H110N12O2/c1-11-55-47(7)59-39-60-49(9)57(25-27-67(81)79(15-5)35-23-21-33-73-45-53-37-51(53)43-71-31-19-17-29-69-13-3)65(77-60)42-66-58(50(10)62(78-66)41-64-56(12-2)48(8)61(76-64)40-63(55)75-59)26-28-68(82)80(16-6)36-24-22-34-74-46-54-38-52(54)44-72-32-20-18-30-70-14-4/h39-42,51-54,69-75,78H,11-38,43-46H2,1-10H3. The van der Waals surface area contributed by atoms with Gasteiger partial charge >= 0.3 is 0 Å². The molecule has 4 aliphatic rings. The molecule has 2 aliphatic carbocycles. The summed E-state index contributed by atoms with van der Waals surface area (Å²) in [4.78, 5) is 50.8. The number of aryl methyl sites for hydroxylation is 4. The number of rotatable bonds is 40. The van der Waals surface area contributed by atoms with Crippen LogP contribution in [0, 0.1) is 37.5 Å². The van der Waals surface area contributed by atoms with Crippen LogP contribution in [0.3, 0.4) is 0 Å². The van der Waals surface area contributed by atoms with Crippen molar-refractivity contribution in [3.63, 3.8) is 0 Å². The molecule has 454 valence electrons. The van der Waals surface area contributed by atoms with Crippen LogP contribution in [-0.2, 0) is 22.4 Å². The number of carbonyl (C=O) groups excluding carboxylic acids is 2. The number of carbonyl (C=O) groups is 2. The molecule has 0 spiro atoms. The number of amides is 2. The van der Waals surface area contributed by atoms with E-state index < -0.39 is 0 Å². The number of aromatic nitrogens is 4. The molecule has 5 heterocycles. The Morgan fingerprint density at radius 2 is 0.841 bits per heavy atom. The van der Waals surface area contributed by atoms with Crippen LogP contribution in [0.1, 0.15) is 190 Å². The second-order valence-corrected chi connectivity index (χ2v) is 24.2. The molecule has 0 radical (unpaired) electrons. The van der Waals surface area contributed by atoms with E-state index in [0.29, 0.717) is 38.8 Å². The first kappa shape index (κ1) is 64.9. The van der Waals surface area contributed by atoms with E-state index in [-0.39, 0.29) is 11.8 Å². The minimum atomic E-state index is 0.192. The molecule has 14 heteroatoms. The van der Waals surface area contributed by atoms with Gasteiger partial charge in [0.1, 0.15) is 0 Å².